The van der Waals surface area contributed by atoms with Crippen molar-refractivity contribution in [2.45, 2.75) is 62.3 Å². The van der Waals surface area contributed by atoms with Gasteiger partial charge in [0.1, 0.15) is 0 Å². The zero-order chi connectivity index (χ0) is 38.3. The minimum absolute atomic E-state index is 0.183. The average Bonchev–Trinajstić information content (AvgIpc) is 3.65. The number of nitrogens with two attached hydrogens (primary N) is 1. The molecular weight excluding hydrogens is 719 g/mol. The molecule has 0 spiro atoms. The molecule has 3 heterocycles. The summed E-state index contributed by atoms with van der Waals surface area (Å²) in [6.45, 7) is 5.98. The zero-order valence-corrected chi connectivity index (χ0v) is 32.4. The van der Waals surface area contributed by atoms with Gasteiger partial charge < -0.3 is 34.9 Å². The molecule has 6 rings (SSSR count). The Hall–Kier alpha value is -4.19. The number of likely N-dealkylation sites (tertiary alicyclic amines) is 3. The van der Waals surface area contributed by atoms with Crippen molar-refractivity contribution < 1.29 is 33.7 Å². The van der Waals surface area contributed by atoms with Gasteiger partial charge in [0.2, 0.25) is 5.75 Å². The van der Waals surface area contributed by atoms with E-state index in [9.17, 15) is 19.5 Å². The second-order valence-corrected chi connectivity index (χ2v) is 14.7. The fourth-order valence-electron chi connectivity index (χ4n) is 8.33. The van der Waals surface area contributed by atoms with Gasteiger partial charge in [-0.25, -0.2) is 4.79 Å². The molecule has 286 valence electrons. The Labute approximate surface area is 321 Å². The lowest BCUT2D eigenvalue weighted by Crippen LogP contribution is -2.60. The third-order valence-corrected chi connectivity index (χ3v) is 12.0. The number of halogens is 2. The Morgan fingerprint density at radius 2 is 1.47 bits per heavy atom. The van der Waals surface area contributed by atoms with Crippen molar-refractivity contribution in [2.75, 3.05) is 60.6 Å². The maximum absolute atomic E-state index is 14.1. The predicted octanol–water partition coefficient (Wildman–Crippen LogP) is 6.86. The molecule has 3 unspecified atom stereocenters. The van der Waals surface area contributed by atoms with E-state index < -0.39 is 16.8 Å². The molecule has 0 saturated carbocycles. The molecule has 0 radical (unpaired) electrons. The van der Waals surface area contributed by atoms with Crippen LogP contribution in [0.3, 0.4) is 0 Å². The lowest BCUT2D eigenvalue weighted by molar-refractivity contribution is -0.147. The van der Waals surface area contributed by atoms with Crippen LogP contribution in [0.2, 0.25) is 10.0 Å². The highest BCUT2D eigenvalue weighted by molar-refractivity contribution is 6.42. The number of likely N-dealkylation sites (N-methyl/N-ethyl adjacent to an activating group) is 1. The van der Waals surface area contributed by atoms with Gasteiger partial charge >= 0.3 is 12.0 Å². The van der Waals surface area contributed by atoms with Crippen LogP contribution in [-0.4, -0.2) is 104 Å². The molecule has 0 aliphatic carbocycles. The number of carbonyl (C=O) groups is 3. The smallest absolute Gasteiger partial charge is 0.314 e. The Morgan fingerprint density at radius 1 is 0.811 bits per heavy atom. The molecule has 3 atom stereocenters. The van der Waals surface area contributed by atoms with Gasteiger partial charge in [-0.3, -0.25) is 14.5 Å². The summed E-state index contributed by atoms with van der Waals surface area (Å²) in [4.78, 5) is 43.7. The quantitative estimate of drug-likeness (QED) is 0.241. The molecule has 3 aromatic carbocycles. The van der Waals surface area contributed by atoms with Crippen molar-refractivity contribution in [1.29, 1.82) is 0 Å². The van der Waals surface area contributed by atoms with Crippen molar-refractivity contribution in [1.82, 2.24) is 14.7 Å². The van der Waals surface area contributed by atoms with E-state index in [2.05, 4.69) is 11.8 Å². The number of urea groups is 1. The van der Waals surface area contributed by atoms with E-state index >= 15 is 0 Å². The molecule has 3 aliphatic heterocycles. The molecule has 3 N–H and O–H groups in total. The monoisotopic (exact) mass is 768 g/mol. The number of ether oxygens (including phenoxy) is 3. The maximum atomic E-state index is 14.1. The van der Waals surface area contributed by atoms with Gasteiger partial charge in [-0.2, -0.15) is 0 Å². The Bertz CT molecular complexity index is 1750. The number of carboxylic acids is 1. The molecular formula is C40H50Cl2N4O7. The van der Waals surface area contributed by atoms with E-state index in [4.69, 9.17) is 43.1 Å². The summed E-state index contributed by atoms with van der Waals surface area (Å²) in [6, 6.07) is 18.0. The number of nitrogens with zero attached hydrogens (tertiary/aromatic N) is 3. The van der Waals surface area contributed by atoms with Crippen molar-refractivity contribution >= 4 is 41.1 Å². The molecule has 0 aromatic heterocycles. The van der Waals surface area contributed by atoms with Gasteiger partial charge in [-0.15, -0.1) is 0 Å². The van der Waals surface area contributed by atoms with Gasteiger partial charge in [0.25, 0.3) is 5.91 Å². The highest BCUT2D eigenvalue weighted by Crippen LogP contribution is 2.50. The molecule has 11 nitrogen and oxygen atoms in total. The highest BCUT2D eigenvalue weighted by Gasteiger charge is 2.56. The van der Waals surface area contributed by atoms with Gasteiger partial charge in [0, 0.05) is 43.2 Å². The van der Waals surface area contributed by atoms with E-state index in [0.29, 0.717) is 71.8 Å². The predicted molar refractivity (Wildman–Crippen MR) is 206 cm³/mol. The molecule has 13 heteroatoms. The van der Waals surface area contributed by atoms with E-state index in [1.807, 2.05) is 47.4 Å². The number of hydrogen-bond donors (Lipinski definition) is 2. The molecule has 3 aliphatic rings. The van der Waals surface area contributed by atoms with Crippen molar-refractivity contribution in [3.8, 4) is 17.2 Å². The van der Waals surface area contributed by atoms with Crippen LogP contribution in [0, 0.1) is 0 Å². The van der Waals surface area contributed by atoms with Gasteiger partial charge in [0.15, 0.2) is 11.5 Å². The summed E-state index contributed by atoms with van der Waals surface area (Å²) in [5, 5.41) is 11.6. The summed E-state index contributed by atoms with van der Waals surface area (Å²) in [5.41, 5.74) is 5.50. The lowest BCUT2D eigenvalue weighted by atomic mass is 9.62. The number of carboxylic acid groups (broad SMARTS) is 1. The molecule has 0 bridgehead atoms. The van der Waals surface area contributed by atoms with Gasteiger partial charge in [-0.05, 0) is 87.0 Å². The van der Waals surface area contributed by atoms with Crippen LogP contribution in [0.25, 0.3) is 0 Å². The van der Waals surface area contributed by atoms with Gasteiger partial charge in [0.05, 0.1) is 36.8 Å². The zero-order valence-electron chi connectivity index (χ0n) is 30.9. The van der Waals surface area contributed by atoms with E-state index in [1.54, 1.807) is 23.1 Å². The van der Waals surface area contributed by atoms with Crippen molar-refractivity contribution in [3.63, 3.8) is 0 Å². The van der Waals surface area contributed by atoms with Crippen LogP contribution in [0.5, 0.6) is 17.2 Å². The summed E-state index contributed by atoms with van der Waals surface area (Å²) in [6.07, 6.45) is 4.96. The fraction of sp³-hybridized carbons (Fsp3) is 0.475. The van der Waals surface area contributed by atoms with E-state index in [1.165, 1.54) is 27.8 Å². The number of aliphatic carboxylic acids is 1. The van der Waals surface area contributed by atoms with E-state index in [0.717, 1.165) is 43.6 Å². The molecule has 53 heavy (non-hydrogen) atoms. The number of carbonyl (C=O) groups excluding carboxylic acids is 2. The summed E-state index contributed by atoms with van der Waals surface area (Å²) in [7, 11) is 4.55. The number of amides is 3. The second kappa shape index (κ2) is 17.3. The van der Waals surface area contributed by atoms with Crippen LogP contribution >= 0.6 is 23.2 Å². The SMILES string of the molecule is CCN1CCC(C(=O)O)(c2ccccc2)CC1C1(c2ccc(Cl)c(Cl)c2)CCN(C(=O)c2cc(OC)c(OC)c(OC)c2)C1.NC(=O)N1CCCCC1. The largest absolute Gasteiger partial charge is 0.493 e. The first kappa shape index (κ1) is 40.0. The number of primary amides is 1. The summed E-state index contributed by atoms with van der Waals surface area (Å²) >= 11 is 13.0. The first-order valence-corrected chi connectivity index (χ1v) is 18.8. The van der Waals surface area contributed by atoms with Crippen molar-refractivity contribution in [3.05, 3.63) is 87.4 Å². The number of benzene rings is 3. The molecule has 3 aromatic rings. The van der Waals surface area contributed by atoms with Crippen LogP contribution in [-0.2, 0) is 15.6 Å². The molecule has 3 fully saturated rings. The normalized spacial score (nSPS) is 23.1. The summed E-state index contributed by atoms with van der Waals surface area (Å²) in [5.74, 6) is 0.173. The minimum atomic E-state index is -1.07. The lowest BCUT2D eigenvalue weighted by Gasteiger charge is -2.52. The Balaban J connectivity index is 0.000000526. The first-order chi connectivity index (χ1) is 25.4. The van der Waals surface area contributed by atoms with Crippen LogP contribution < -0.4 is 19.9 Å². The number of hydrogen-bond acceptors (Lipinski definition) is 7. The molecule has 3 amide bonds. The number of piperidine rings is 2. The van der Waals surface area contributed by atoms with Gasteiger partial charge in [-0.1, -0.05) is 66.5 Å². The topological polar surface area (TPSA) is 135 Å². The first-order valence-electron chi connectivity index (χ1n) is 18.1. The second-order valence-electron chi connectivity index (χ2n) is 13.9. The van der Waals surface area contributed by atoms with Crippen LogP contribution in [0.1, 0.15) is 66.9 Å². The molecule has 3 saturated heterocycles. The highest BCUT2D eigenvalue weighted by atomic mass is 35.5. The fourth-order valence-corrected chi connectivity index (χ4v) is 8.62. The maximum Gasteiger partial charge on any atom is 0.314 e. The standard InChI is InChI=1S/C34H38Cl2N2O6.C6H12N2O/c1-5-37-15-13-33(32(40)41,23-9-7-6-8-10-23)20-29(37)34(24-11-12-25(35)26(36)19-24)14-16-38(21-34)31(39)22-17-27(42-2)30(44-4)28(18-22)43-3;7-6(9)8-4-2-1-3-5-8/h6-12,17-19,29H,5,13-16,20-21H2,1-4H3,(H,40,41);1-5H2,(H2,7,9). The van der Waals surface area contributed by atoms with Crippen LogP contribution in [0.15, 0.2) is 60.7 Å². The minimum Gasteiger partial charge on any atom is -0.493 e. The van der Waals surface area contributed by atoms with E-state index in [-0.39, 0.29) is 18.0 Å². The number of rotatable bonds is 9. The Morgan fingerprint density at radius 3 is 2.00 bits per heavy atom. The van der Waals surface area contributed by atoms with Crippen molar-refractivity contribution in [2.24, 2.45) is 5.73 Å². The summed E-state index contributed by atoms with van der Waals surface area (Å²) < 4.78 is 16.5. The number of methoxy groups -OCH3 is 3. The average molecular weight is 770 g/mol. The Kier molecular flexibility index (Phi) is 13.1. The third kappa shape index (κ3) is 8.17. The van der Waals surface area contributed by atoms with Crippen LogP contribution in [0.4, 0.5) is 4.79 Å². The third-order valence-electron chi connectivity index (χ3n) is 11.3.